The zero-order valence-corrected chi connectivity index (χ0v) is 9.48. The zero-order valence-electron chi connectivity index (χ0n) is 8.66. The van der Waals surface area contributed by atoms with Crippen LogP contribution in [0.3, 0.4) is 0 Å². The Kier molecular flexibility index (Phi) is 11.7. The molecule has 0 unspecified atom stereocenters. The molecule has 0 fully saturated rings. The predicted octanol–water partition coefficient (Wildman–Crippen LogP) is -1.73. The SMILES string of the molecule is CN(OCCO)OCCO.CS(=O)(=O)O. The molecule has 0 saturated carbocycles. The molecule has 0 radical (unpaired) electrons. The van der Waals surface area contributed by atoms with Crippen molar-refractivity contribution in [2.75, 3.05) is 39.7 Å². The Morgan fingerprint density at radius 3 is 1.60 bits per heavy atom. The van der Waals surface area contributed by atoms with E-state index in [1.807, 2.05) is 0 Å². The molecule has 0 aliphatic carbocycles. The Labute approximate surface area is 88.7 Å². The molecule has 0 aliphatic rings. The second-order valence-corrected chi connectivity index (χ2v) is 3.75. The third kappa shape index (κ3) is 31.6. The van der Waals surface area contributed by atoms with Crippen LogP contribution in [0.5, 0.6) is 0 Å². The van der Waals surface area contributed by atoms with Crippen LogP contribution in [-0.2, 0) is 19.8 Å². The minimum Gasteiger partial charge on any atom is -0.394 e. The summed E-state index contributed by atoms with van der Waals surface area (Å²) in [4.78, 5) is 9.49. The van der Waals surface area contributed by atoms with Crippen LogP contribution in [0.25, 0.3) is 0 Å². The second kappa shape index (κ2) is 10.2. The Bertz CT molecular complexity index is 202. The van der Waals surface area contributed by atoms with E-state index in [1.165, 1.54) is 0 Å². The summed E-state index contributed by atoms with van der Waals surface area (Å²) in [6, 6.07) is 0. The van der Waals surface area contributed by atoms with Crippen molar-refractivity contribution in [3.63, 3.8) is 0 Å². The Hall–Kier alpha value is -0.290. The van der Waals surface area contributed by atoms with E-state index in [-0.39, 0.29) is 26.4 Å². The number of hydrogen-bond donors (Lipinski definition) is 3. The summed E-state index contributed by atoms with van der Waals surface area (Å²) < 4.78 is 25.9. The van der Waals surface area contributed by atoms with Crippen LogP contribution < -0.4 is 0 Å². The molecule has 8 nitrogen and oxygen atoms in total. The van der Waals surface area contributed by atoms with Gasteiger partial charge in [-0.15, -0.1) is 0 Å². The summed E-state index contributed by atoms with van der Waals surface area (Å²) >= 11 is 0. The largest absolute Gasteiger partial charge is 0.394 e. The fraction of sp³-hybridized carbons (Fsp3) is 1.00. The lowest BCUT2D eigenvalue weighted by Crippen LogP contribution is -2.22. The molecule has 0 saturated heterocycles. The molecule has 9 heteroatoms. The van der Waals surface area contributed by atoms with Gasteiger partial charge in [0.05, 0.1) is 32.7 Å². The standard InChI is InChI=1S/C5H13NO4.CH4O3S/c1-6(9-4-2-7)10-5-3-8;1-5(2,3)4/h7-8H,2-5H2,1H3;1H3,(H,2,3,4). The lowest BCUT2D eigenvalue weighted by molar-refractivity contribution is -0.356. The maximum absolute atomic E-state index is 9.19. The first-order valence-electron chi connectivity index (χ1n) is 3.95. The van der Waals surface area contributed by atoms with Gasteiger partial charge >= 0.3 is 0 Å². The average Bonchev–Trinajstić information content (AvgIpc) is 2.08. The van der Waals surface area contributed by atoms with Crippen LogP contribution in [0.4, 0.5) is 0 Å². The molecule has 0 aromatic rings. The van der Waals surface area contributed by atoms with Crippen LogP contribution >= 0.6 is 0 Å². The van der Waals surface area contributed by atoms with Crippen molar-refractivity contribution in [3.05, 3.63) is 0 Å². The highest BCUT2D eigenvalue weighted by Gasteiger charge is 1.95. The molecule has 0 spiro atoms. The molecule has 94 valence electrons. The fourth-order valence-corrected chi connectivity index (χ4v) is 0.376. The molecule has 0 heterocycles. The van der Waals surface area contributed by atoms with Crippen molar-refractivity contribution in [1.29, 1.82) is 0 Å². The van der Waals surface area contributed by atoms with Gasteiger partial charge in [0.15, 0.2) is 0 Å². The van der Waals surface area contributed by atoms with Gasteiger partial charge in [-0.25, -0.2) is 0 Å². The molecule has 0 atom stereocenters. The lowest BCUT2D eigenvalue weighted by Gasteiger charge is -2.13. The van der Waals surface area contributed by atoms with Gasteiger partial charge in [-0.05, 0) is 0 Å². The van der Waals surface area contributed by atoms with Gasteiger partial charge in [0.2, 0.25) is 0 Å². The number of aliphatic hydroxyl groups excluding tert-OH is 2. The van der Waals surface area contributed by atoms with E-state index in [4.69, 9.17) is 24.4 Å². The summed E-state index contributed by atoms with van der Waals surface area (Å²) in [5, 5.41) is 17.7. The number of hydroxylamine groups is 2. The van der Waals surface area contributed by atoms with Gasteiger partial charge < -0.3 is 10.2 Å². The van der Waals surface area contributed by atoms with Gasteiger partial charge in [-0.3, -0.25) is 14.2 Å². The predicted molar refractivity (Wildman–Crippen MR) is 51.3 cm³/mol. The quantitative estimate of drug-likeness (QED) is 0.374. The van der Waals surface area contributed by atoms with Crippen molar-refractivity contribution < 1.29 is 32.9 Å². The van der Waals surface area contributed by atoms with Crippen LogP contribution in [0, 0.1) is 0 Å². The molecular formula is C6H17NO7S. The zero-order chi connectivity index (χ0) is 12.3. The first-order valence-corrected chi connectivity index (χ1v) is 5.79. The molecule has 3 N–H and O–H groups in total. The van der Waals surface area contributed by atoms with E-state index >= 15 is 0 Å². The summed E-state index contributed by atoms with van der Waals surface area (Å²) in [5.74, 6) is 0. The van der Waals surface area contributed by atoms with Crippen molar-refractivity contribution >= 4 is 10.1 Å². The number of hydrogen-bond acceptors (Lipinski definition) is 7. The average molecular weight is 247 g/mol. The highest BCUT2D eigenvalue weighted by Crippen LogP contribution is 1.85. The van der Waals surface area contributed by atoms with E-state index in [1.54, 1.807) is 7.05 Å². The van der Waals surface area contributed by atoms with Gasteiger partial charge in [0.1, 0.15) is 0 Å². The Morgan fingerprint density at radius 1 is 1.13 bits per heavy atom. The molecule has 0 aromatic carbocycles. The molecule has 0 amide bonds. The van der Waals surface area contributed by atoms with Crippen molar-refractivity contribution in [2.24, 2.45) is 0 Å². The minimum absolute atomic E-state index is 0.0488. The van der Waals surface area contributed by atoms with E-state index < -0.39 is 10.1 Å². The smallest absolute Gasteiger partial charge is 0.261 e. The Balaban J connectivity index is 0. The first kappa shape index (κ1) is 17.1. The van der Waals surface area contributed by atoms with Gasteiger partial charge in [-0.1, -0.05) is 5.23 Å². The molecule has 0 aliphatic heterocycles. The van der Waals surface area contributed by atoms with Crippen molar-refractivity contribution in [1.82, 2.24) is 5.23 Å². The summed E-state index contributed by atoms with van der Waals surface area (Å²) in [6.07, 6.45) is 0.715. The minimum atomic E-state index is -3.67. The summed E-state index contributed by atoms with van der Waals surface area (Å²) in [5.41, 5.74) is 0. The molecule has 0 bridgehead atoms. The van der Waals surface area contributed by atoms with Crippen LogP contribution in [0.2, 0.25) is 0 Å². The second-order valence-electron chi connectivity index (χ2n) is 2.29. The van der Waals surface area contributed by atoms with Crippen molar-refractivity contribution in [3.8, 4) is 0 Å². The van der Waals surface area contributed by atoms with Crippen molar-refractivity contribution in [2.45, 2.75) is 0 Å². The number of nitrogens with zero attached hydrogens (tertiary/aromatic N) is 1. The normalized spacial score (nSPS) is 11.1. The topological polar surface area (TPSA) is 117 Å². The third-order valence-electron chi connectivity index (χ3n) is 0.729. The number of aliphatic hydroxyl groups is 2. The van der Waals surface area contributed by atoms with Crippen LogP contribution in [0.1, 0.15) is 0 Å². The van der Waals surface area contributed by atoms with Gasteiger partial charge in [-0.2, -0.15) is 8.42 Å². The van der Waals surface area contributed by atoms with E-state index in [0.717, 1.165) is 5.23 Å². The van der Waals surface area contributed by atoms with E-state index in [9.17, 15) is 8.42 Å². The highest BCUT2D eigenvalue weighted by atomic mass is 32.2. The first-order chi connectivity index (χ1) is 6.81. The van der Waals surface area contributed by atoms with Crippen LogP contribution in [-0.4, -0.2) is 68.1 Å². The monoisotopic (exact) mass is 247 g/mol. The summed E-state index contributed by atoms with van der Waals surface area (Å²) in [6.45, 7) is 0.295. The van der Waals surface area contributed by atoms with Gasteiger partial charge in [0, 0.05) is 7.05 Å². The maximum Gasteiger partial charge on any atom is 0.261 e. The molecule has 0 rings (SSSR count). The molecule has 15 heavy (non-hydrogen) atoms. The molecule has 0 aromatic heterocycles. The van der Waals surface area contributed by atoms with Crippen LogP contribution in [0.15, 0.2) is 0 Å². The van der Waals surface area contributed by atoms with E-state index in [0.29, 0.717) is 6.26 Å². The lowest BCUT2D eigenvalue weighted by atomic mass is 10.8. The highest BCUT2D eigenvalue weighted by molar-refractivity contribution is 7.85. The molecular weight excluding hydrogens is 230 g/mol. The van der Waals surface area contributed by atoms with E-state index in [2.05, 4.69) is 0 Å². The van der Waals surface area contributed by atoms with Gasteiger partial charge in [0.25, 0.3) is 10.1 Å². The Morgan fingerprint density at radius 2 is 1.40 bits per heavy atom. The number of rotatable bonds is 6. The maximum atomic E-state index is 9.19. The third-order valence-corrected chi connectivity index (χ3v) is 0.729. The fourth-order valence-electron chi connectivity index (χ4n) is 0.376. The summed E-state index contributed by atoms with van der Waals surface area (Å²) in [7, 11) is -2.12.